The number of H-pyrrole nitrogens is 1. The lowest BCUT2D eigenvalue weighted by molar-refractivity contribution is 0.878. The van der Waals surface area contributed by atoms with E-state index >= 15 is 0 Å². The van der Waals surface area contributed by atoms with Gasteiger partial charge in [-0.2, -0.15) is 5.10 Å². The zero-order valence-corrected chi connectivity index (χ0v) is 9.77. The number of nitrogens with zero attached hydrogens (tertiary/aromatic N) is 2. The molecule has 4 nitrogen and oxygen atoms in total. The Labute approximate surface area is 96.7 Å². The highest BCUT2D eigenvalue weighted by atomic mass is 35.5. The number of nitrogen functional groups attached to an aromatic ring is 1. The van der Waals surface area contributed by atoms with Gasteiger partial charge in [0.2, 0.25) is 0 Å². The molecule has 0 unspecified atom stereocenters. The van der Waals surface area contributed by atoms with E-state index in [0.29, 0.717) is 5.82 Å². The monoisotopic (exact) mass is 242 g/mol. The fraction of sp³-hybridized carbons (Fsp3) is 0.222. The van der Waals surface area contributed by atoms with Gasteiger partial charge in [0.05, 0.1) is 21.6 Å². The summed E-state index contributed by atoms with van der Waals surface area (Å²) in [5.74, 6) is 0.516. The van der Waals surface area contributed by atoms with Crippen LogP contribution in [0.25, 0.3) is 0 Å². The lowest BCUT2D eigenvalue weighted by Crippen LogP contribution is -2.15. The first kappa shape index (κ1) is 10.3. The maximum absolute atomic E-state index is 5.86. The van der Waals surface area contributed by atoms with Crippen molar-refractivity contribution in [3.63, 3.8) is 0 Å². The van der Waals surface area contributed by atoms with Crippen LogP contribution in [0.3, 0.4) is 0 Å². The van der Waals surface area contributed by atoms with Crippen molar-refractivity contribution >= 4 is 33.8 Å². The SMILES string of the molecule is CN(Cc1cc(N)n[nH]1)c1ccc(Cl)s1. The van der Waals surface area contributed by atoms with Crippen molar-refractivity contribution in [1.29, 1.82) is 0 Å². The lowest BCUT2D eigenvalue weighted by Gasteiger charge is -2.15. The van der Waals surface area contributed by atoms with Gasteiger partial charge in [0.15, 0.2) is 0 Å². The van der Waals surface area contributed by atoms with Crippen LogP contribution in [0.15, 0.2) is 18.2 Å². The molecule has 0 aliphatic heterocycles. The molecular formula is C9H11ClN4S. The van der Waals surface area contributed by atoms with Crippen LogP contribution in [0.1, 0.15) is 5.69 Å². The van der Waals surface area contributed by atoms with Crippen LogP contribution in [0.2, 0.25) is 4.34 Å². The molecule has 2 rings (SSSR count). The first-order chi connectivity index (χ1) is 7.15. The Balaban J connectivity index is 2.06. The molecule has 0 aliphatic carbocycles. The molecule has 0 spiro atoms. The molecule has 2 heterocycles. The summed E-state index contributed by atoms with van der Waals surface area (Å²) < 4.78 is 0.793. The molecule has 3 N–H and O–H groups in total. The van der Waals surface area contributed by atoms with Gasteiger partial charge in [0.1, 0.15) is 5.82 Å². The van der Waals surface area contributed by atoms with Gasteiger partial charge < -0.3 is 10.6 Å². The highest BCUT2D eigenvalue weighted by molar-refractivity contribution is 7.19. The minimum Gasteiger partial charge on any atom is -0.382 e. The number of nitrogens with one attached hydrogen (secondary N) is 1. The highest BCUT2D eigenvalue weighted by Crippen LogP contribution is 2.29. The van der Waals surface area contributed by atoms with Gasteiger partial charge in [0, 0.05) is 13.1 Å². The maximum atomic E-state index is 5.86. The quantitative estimate of drug-likeness (QED) is 0.869. The normalized spacial score (nSPS) is 10.5. The van der Waals surface area contributed by atoms with E-state index in [-0.39, 0.29) is 0 Å². The molecule has 80 valence electrons. The van der Waals surface area contributed by atoms with E-state index in [0.717, 1.165) is 21.6 Å². The zero-order valence-electron chi connectivity index (χ0n) is 8.20. The number of hydrogen-bond acceptors (Lipinski definition) is 4. The Morgan fingerprint density at radius 2 is 2.40 bits per heavy atom. The van der Waals surface area contributed by atoms with Crippen LogP contribution >= 0.6 is 22.9 Å². The number of anilines is 2. The standard InChI is InChI=1S/C9H11ClN4S/c1-14(9-3-2-7(10)15-9)5-6-4-8(11)13-12-6/h2-4H,5H2,1H3,(H3,11,12,13). The average molecular weight is 243 g/mol. The first-order valence-corrected chi connectivity index (χ1v) is 5.61. The van der Waals surface area contributed by atoms with E-state index in [9.17, 15) is 0 Å². The van der Waals surface area contributed by atoms with Gasteiger partial charge in [0.25, 0.3) is 0 Å². The molecule has 0 radical (unpaired) electrons. The van der Waals surface area contributed by atoms with Crippen molar-refractivity contribution < 1.29 is 0 Å². The third kappa shape index (κ3) is 2.43. The number of rotatable bonds is 3. The zero-order chi connectivity index (χ0) is 10.8. The predicted octanol–water partition coefficient (Wildman–Crippen LogP) is 2.34. The Morgan fingerprint density at radius 3 is 2.93 bits per heavy atom. The van der Waals surface area contributed by atoms with Crippen LogP contribution in [0.5, 0.6) is 0 Å². The van der Waals surface area contributed by atoms with Crippen LogP contribution in [0, 0.1) is 0 Å². The summed E-state index contributed by atoms with van der Waals surface area (Å²) in [7, 11) is 2.00. The maximum Gasteiger partial charge on any atom is 0.145 e. The average Bonchev–Trinajstić information content (AvgIpc) is 2.75. The second-order valence-corrected chi connectivity index (χ2v) is 4.95. The number of aromatic nitrogens is 2. The van der Waals surface area contributed by atoms with E-state index in [1.165, 1.54) is 0 Å². The Hall–Kier alpha value is -1.20. The fourth-order valence-corrected chi connectivity index (χ4v) is 2.30. The summed E-state index contributed by atoms with van der Waals surface area (Å²) in [6.45, 7) is 0.737. The topological polar surface area (TPSA) is 57.9 Å². The van der Waals surface area contributed by atoms with Crippen molar-refractivity contribution in [2.45, 2.75) is 6.54 Å². The Morgan fingerprint density at radius 1 is 1.60 bits per heavy atom. The molecule has 15 heavy (non-hydrogen) atoms. The van der Waals surface area contributed by atoms with Crippen LogP contribution in [-0.4, -0.2) is 17.2 Å². The van der Waals surface area contributed by atoms with E-state index in [1.807, 2.05) is 25.2 Å². The molecular weight excluding hydrogens is 232 g/mol. The third-order valence-electron chi connectivity index (χ3n) is 1.99. The van der Waals surface area contributed by atoms with Crippen molar-refractivity contribution in [3.05, 3.63) is 28.2 Å². The van der Waals surface area contributed by atoms with Crippen LogP contribution in [0.4, 0.5) is 10.8 Å². The van der Waals surface area contributed by atoms with Crippen LogP contribution < -0.4 is 10.6 Å². The first-order valence-electron chi connectivity index (χ1n) is 4.41. The molecule has 0 aromatic carbocycles. The van der Waals surface area contributed by atoms with Gasteiger partial charge in [-0.3, -0.25) is 5.10 Å². The van der Waals surface area contributed by atoms with Gasteiger partial charge >= 0.3 is 0 Å². The van der Waals surface area contributed by atoms with Crippen molar-refractivity contribution in [3.8, 4) is 0 Å². The number of nitrogens with two attached hydrogens (primary N) is 1. The second-order valence-electron chi connectivity index (χ2n) is 3.25. The summed E-state index contributed by atoms with van der Waals surface area (Å²) in [5.41, 5.74) is 6.50. The summed E-state index contributed by atoms with van der Waals surface area (Å²) in [5, 5.41) is 7.86. The smallest absolute Gasteiger partial charge is 0.145 e. The molecule has 0 fully saturated rings. The third-order valence-corrected chi connectivity index (χ3v) is 3.34. The molecule has 0 amide bonds. The summed E-state index contributed by atoms with van der Waals surface area (Å²) in [6, 6.07) is 5.71. The lowest BCUT2D eigenvalue weighted by atomic mass is 10.4. The molecule has 0 atom stereocenters. The molecule has 0 aliphatic rings. The number of aromatic amines is 1. The van der Waals surface area contributed by atoms with Gasteiger partial charge in [-0.1, -0.05) is 11.6 Å². The second kappa shape index (κ2) is 4.12. The number of halogens is 1. The van der Waals surface area contributed by atoms with Crippen molar-refractivity contribution in [2.75, 3.05) is 17.7 Å². The van der Waals surface area contributed by atoms with E-state index in [1.54, 1.807) is 11.3 Å². The summed E-state index contributed by atoms with van der Waals surface area (Å²) in [4.78, 5) is 2.09. The minimum atomic E-state index is 0.516. The number of thiophene rings is 1. The molecule has 0 saturated carbocycles. The molecule has 0 saturated heterocycles. The largest absolute Gasteiger partial charge is 0.382 e. The fourth-order valence-electron chi connectivity index (χ4n) is 1.30. The molecule has 0 bridgehead atoms. The van der Waals surface area contributed by atoms with E-state index < -0.39 is 0 Å². The van der Waals surface area contributed by atoms with Crippen molar-refractivity contribution in [2.24, 2.45) is 0 Å². The van der Waals surface area contributed by atoms with E-state index in [4.69, 9.17) is 17.3 Å². The minimum absolute atomic E-state index is 0.516. The highest BCUT2D eigenvalue weighted by Gasteiger charge is 2.06. The molecule has 6 heteroatoms. The Bertz CT molecular complexity index is 450. The van der Waals surface area contributed by atoms with Gasteiger partial charge in [-0.05, 0) is 12.1 Å². The number of hydrogen-bond donors (Lipinski definition) is 2. The van der Waals surface area contributed by atoms with Crippen LogP contribution in [-0.2, 0) is 6.54 Å². The summed E-state index contributed by atoms with van der Waals surface area (Å²) in [6.07, 6.45) is 0. The van der Waals surface area contributed by atoms with Gasteiger partial charge in [-0.15, -0.1) is 11.3 Å². The molecule has 2 aromatic heterocycles. The Kier molecular flexibility index (Phi) is 2.83. The molecule has 2 aromatic rings. The van der Waals surface area contributed by atoms with Gasteiger partial charge in [-0.25, -0.2) is 0 Å². The van der Waals surface area contributed by atoms with E-state index in [2.05, 4.69) is 15.1 Å². The van der Waals surface area contributed by atoms with Crippen molar-refractivity contribution in [1.82, 2.24) is 10.2 Å². The summed E-state index contributed by atoms with van der Waals surface area (Å²) >= 11 is 7.41. The predicted molar refractivity (Wildman–Crippen MR) is 64.4 cm³/mol.